The number of amides is 1. The molecule has 1 amide bonds. The molecule has 1 aliphatic rings. The second-order valence-corrected chi connectivity index (χ2v) is 11.4. The minimum absolute atomic E-state index is 0.0512. The maximum atomic E-state index is 13.4. The van der Waals surface area contributed by atoms with E-state index < -0.39 is 45.9 Å². The highest BCUT2D eigenvalue weighted by Gasteiger charge is 2.38. The summed E-state index contributed by atoms with van der Waals surface area (Å²) >= 11 is 0. The maximum Gasteiger partial charge on any atom is 0.408 e. The molecule has 0 fully saturated rings. The van der Waals surface area contributed by atoms with Gasteiger partial charge in [-0.3, -0.25) is 4.79 Å². The van der Waals surface area contributed by atoms with Crippen molar-refractivity contribution in [2.45, 2.75) is 51.2 Å². The number of ketones is 1. The predicted molar refractivity (Wildman–Crippen MR) is 130 cm³/mol. The molecule has 1 heterocycles. The zero-order valence-corrected chi connectivity index (χ0v) is 21.1. The number of hydrogen-bond donors (Lipinski definition) is 1. The number of esters is 1. The van der Waals surface area contributed by atoms with Crippen LogP contribution in [0.25, 0.3) is 5.57 Å². The number of allylic oxidation sites excluding steroid dienone is 1. The van der Waals surface area contributed by atoms with Crippen molar-refractivity contribution in [3.8, 4) is 0 Å². The zero-order valence-electron chi connectivity index (χ0n) is 20.3. The van der Waals surface area contributed by atoms with Crippen LogP contribution < -0.4 is 5.32 Å². The Hall–Kier alpha value is -3.46. The number of nitrogens with one attached hydrogen (secondary N) is 1. The second kappa shape index (κ2) is 10.0. The van der Waals surface area contributed by atoms with Gasteiger partial charge in [-0.05, 0) is 44.4 Å². The Bertz CT molecular complexity index is 1270. The topological polar surface area (TPSA) is 116 Å². The van der Waals surface area contributed by atoms with Crippen LogP contribution in [-0.4, -0.2) is 44.5 Å². The van der Waals surface area contributed by atoms with Gasteiger partial charge in [0.25, 0.3) is 0 Å². The predicted octanol–water partition coefficient (Wildman–Crippen LogP) is 4.16. The lowest BCUT2D eigenvalue weighted by Gasteiger charge is -2.26. The number of hydrogen-bond acceptors (Lipinski definition) is 7. The van der Waals surface area contributed by atoms with Gasteiger partial charge in [0.2, 0.25) is 9.84 Å². The first kappa shape index (κ1) is 26.2. The molecule has 8 nitrogen and oxygen atoms in total. The Labute approximate surface area is 205 Å². The van der Waals surface area contributed by atoms with Crippen LogP contribution in [0.15, 0.2) is 64.4 Å². The average Bonchev–Trinajstić information content (AvgIpc) is 2.78. The van der Waals surface area contributed by atoms with Crippen molar-refractivity contribution in [2.75, 3.05) is 6.61 Å². The number of Topliss-reactive ketones (excluding diaryl/α,β-unsaturated/α-hetero) is 1. The largest absolute Gasteiger partial charge is 0.458 e. The molecule has 9 heteroatoms. The molecule has 0 aliphatic carbocycles. The Morgan fingerprint density at radius 2 is 1.57 bits per heavy atom. The summed E-state index contributed by atoms with van der Waals surface area (Å²) in [6.45, 7) is 7.90. The molecular weight excluding hydrogens is 470 g/mol. The van der Waals surface area contributed by atoms with E-state index in [1.807, 2.05) is 0 Å². The molecule has 1 N–H and O–H groups in total. The molecule has 1 aliphatic heterocycles. The van der Waals surface area contributed by atoms with Gasteiger partial charge in [0.05, 0.1) is 9.80 Å². The highest BCUT2D eigenvalue weighted by Crippen LogP contribution is 2.37. The quantitative estimate of drug-likeness (QED) is 0.593. The minimum Gasteiger partial charge on any atom is -0.458 e. The standard InChI is InChI=1S/C26H29NO7S/c1-16(2)22(24(29)34-26(3,4)5)27-25(30)33-15-20-21(17-11-7-6-8-12-17)23(28)18-13-9-10-14-19(18)35(20,31)32/h6-14,16,22H,15H2,1-5H3,(H,27,30)/t22-/m0/s1. The summed E-state index contributed by atoms with van der Waals surface area (Å²) in [7, 11) is -4.13. The third kappa shape index (κ3) is 5.79. The fraction of sp³-hybridized carbons (Fsp3) is 0.346. The number of carbonyl (C=O) groups excluding carboxylic acids is 3. The fourth-order valence-electron chi connectivity index (χ4n) is 3.63. The summed E-state index contributed by atoms with van der Waals surface area (Å²) in [6.07, 6.45) is -1.00. The van der Waals surface area contributed by atoms with E-state index in [0.29, 0.717) is 5.56 Å². The number of alkyl carbamates (subject to hydrolysis) is 1. The van der Waals surface area contributed by atoms with Gasteiger partial charge in [-0.1, -0.05) is 56.3 Å². The van der Waals surface area contributed by atoms with Crippen LogP contribution in [0.2, 0.25) is 0 Å². The van der Waals surface area contributed by atoms with Gasteiger partial charge in [-0.2, -0.15) is 0 Å². The number of sulfone groups is 1. The molecule has 0 saturated carbocycles. The summed E-state index contributed by atoms with van der Waals surface area (Å²) in [6, 6.07) is 13.3. The van der Waals surface area contributed by atoms with Gasteiger partial charge in [-0.25, -0.2) is 18.0 Å². The number of ether oxygens (including phenoxy) is 2. The van der Waals surface area contributed by atoms with Crippen molar-refractivity contribution in [2.24, 2.45) is 5.92 Å². The molecule has 0 aromatic heterocycles. The Morgan fingerprint density at radius 1 is 0.971 bits per heavy atom. The normalized spacial score (nSPS) is 15.9. The molecule has 35 heavy (non-hydrogen) atoms. The summed E-state index contributed by atoms with van der Waals surface area (Å²) in [5, 5.41) is 2.45. The lowest BCUT2D eigenvalue weighted by molar-refractivity contribution is -0.158. The smallest absolute Gasteiger partial charge is 0.408 e. The molecule has 0 spiro atoms. The van der Waals surface area contributed by atoms with E-state index in [9.17, 15) is 22.8 Å². The molecule has 186 valence electrons. The van der Waals surface area contributed by atoms with Crippen LogP contribution in [0.4, 0.5) is 4.79 Å². The SMILES string of the molecule is CC(C)[C@H](NC(=O)OCC1=C(c2ccccc2)C(=O)c2ccccc2S1(=O)=O)C(=O)OC(C)(C)C. The third-order valence-corrected chi connectivity index (χ3v) is 7.15. The number of carbonyl (C=O) groups is 3. The lowest BCUT2D eigenvalue weighted by Crippen LogP contribution is -2.47. The van der Waals surface area contributed by atoms with Gasteiger partial charge in [0.15, 0.2) is 5.78 Å². The minimum atomic E-state index is -4.13. The Morgan fingerprint density at radius 3 is 2.17 bits per heavy atom. The molecule has 2 aromatic carbocycles. The second-order valence-electron chi connectivity index (χ2n) is 9.47. The van der Waals surface area contributed by atoms with E-state index >= 15 is 0 Å². The number of fused-ring (bicyclic) bond motifs is 1. The van der Waals surface area contributed by atoms with Gasteiger partial charge >= 0.3 is 12.1 Å². The lowest BCUT2D eigenvalue weighted by atomic mass is 9.96. The summed E-state index contributed by atoms with van der Waals surface area (Å²) in [5.41, 5.74) is -0.354. The molecule has 2 aromatic rings. The van der Waals surface area contributed by atoms with Crippen LogP contribution in [-0.2, 0) is 24.1 Å². The van der Waals surface area contributed by atoms with E-state index in [0.717, 1.165) is 0 Å². The first-order chi connectivity index (χ1) is 16.3. The van der Waals surface area contributed by atoms with Gasteiger partial charge in [0.1, 0.15) is 18.2 Å². The Kier molecular flexibility index (Phi) is 7.50. The van der Waals surface area contributed by atoms with Gasteiger partial charge in [-0.15, -0.1) is 0 Å². The average molecular weight is 500 g/mol. The van der Waals surface area contributed by atoms with E-state index in [1.54, 1.807) is 71.0 Å². The number of rotatable bonds is 6. The van der Waals surface area contributed by atoms with Crippen LogP contribution in [0.3, 0.4) is 0 Å². The zero-order chi connectivity index (χ0) is 26.0. The van der Waals surface area contributed by atoms with Crippen molar-refractivity contribution in [3.63, 3.8) is 0 Å². The van der Waals surface area contributed by atoms with Gasteiger partial charge < -0.3 is 14.8 Å². The van der Waals surface area contributed by atoms with Gasteiger partial charge in [0, 0.05) is 11.1 Å². The van der Waals surface area contributed by atoms with Crippen LogP contribution in [0, 0.1) is 5.92 Å². The van der Waals surface area contributed by atoms with E-state index in [1.165, 1.54) is 18.2 Å². The Balaban J connectivity index is 1.92. The van der Waals surface area contributed by atoms with Crippen molar-refractivity contribution in [3.05, 3.63) is 70.6 Å². The van der Waals surface area contributed by atoms with Crippen LogP contribution in [0.5, 0.6) is 0 Å². The van der Waals surface area contributed by atoms with E-state index in [4.69, 9.17) is 9.47 Å². The summed E-state index contributed by atoms with van der Waals surface area (Å²) < 4.78 is 37.5. The molecule has 0 saturated heterocycles. The molecule has 1 atom stereocenters. The highest BCUT2D eigenvalue weighted by atomic mass is 32.2. The monoisotopic (exact) mass is 499 g/mol. The van der Waals surface area contributed by atoms with E-state index in [-0.39, 0.29) is 26.9 Å². The van der Waals surface area contributed by atoms with Crippen molar-refractivity contribution < 1.29 is 32.3 Å². The van der Waals surface area contributed by atoms with Crippen molar-refractivity contribution >= 4 is 33.3 Å². The first-order valence-electron chi connectivity index (χ1n) is 11.2. The molecular formula is C26H29NO7S. The van der Waals surface area contributed by atoms with Crippen LogP contribution in [0.1, 0.15) is 50.5 Å². The molecule has 0 unspecified atom stereocenters. The van der Waals surface area contributed by atoms with Crippen molar-refractivity contribution in [1.82, 2.24) is 5.32 Å². The maximum absolute atomic E-state index is 13.4. The van der Waals surface area contributed by atoms with Crippen molar-refractivity contribution in [1.29, 1.82) is 0 Å². The van der Waals surface area contributed by atoms with E-state index in [2.05, 4.69) is 5.32 Å². The third-order valence-electron chi connectivity index (χ3n) is 5.25. The highest BCUT2D eigenvalue weighted by molar-refractivity contribution is 7.95. The molecule has 0 bridgehead atoms. The summed E-state index contributed by atoms with van der Waals surface area (Å²) in [4.78, 5) is 38.0. The molecule has 3 rings (SSSR count). The fourth-order valence-corrected chi connectivity index (χ4v) is 5.29. The first-order valence-corrected chi connectivity index (χ1v) is 12.6. The van der Waals surface area contributed by atoms with Crippen LogP contribution >= 0.6 is 0 Å². The molecule has 0 radical (unpaired) electrons. The number of benzene rings is 2. The summed E-state index contributed by atoms with van der Waals surface area (Å²) in [5.74, 6) is -1.43.